The summed E-state index contributed by atoms with van der Waals surface area (Å²) in [5.41, 5.74) is -1.32. The molecule has 0 unspecified atom stereocenters. The van der Waals surface area contributed by atoms with Crippen LogP contribution in [0.5, 0.6) is 0 Å². The molecule has 14 heavy (non-hydrogen) atoms. The van der Waals surface area contributed by atoms with Crippen molar-refractivity contribution < 1.29 is 9.90 Å². The van der Waals surface area contributed by atoms with Gasteiger partial charge in [0.25, 0.3) is 0 Å². The minimum absolute atomic E-state index is 0.743. The molecule has 0 fully saturated rings. The van der Waals surface area contributed by atoms with E-state index in [1.54, 1.807) is 38.4 Å². The Kier molecular flexibility index (Phi) is 3.01. The van der Waals surface area contributed by atoms with Gasteiger partial charge in [-0.25, -0.2) is 4.79 Å². The van der Waals surface area contributed by atoms with Crippen LogP contribution in [0.1, 0.15) is 6.42 Å². The van der Waals surface area contributed by atoms with Gasteiger partial charge >= 0.3 is 5.97 Å². The van der Waals surface area contributed by atoms with Gasteiger partial charge in [0.1, 0.15) is 0 Å². The molecule has 5 nitrogen and oxygen atoms in total. The second-order valence-corrected chi connectivity index (χ2v) is 3.21. The van der Waals surface area contributed by atoms with Crippen molar-refractivity contribution in [2.45, 2.75) is 12.0 Å². The number of nitrogens with zero attached hydrogens (tertiary/aromatic N) is 3. The van der Waals surface area contributed by atoms with E-state index in [2.05, 4.69) is 10.3 Å². The van der Waals surface area contributed by atoms with Crippen molar-refractivity contribution in [1.29, 1.82) is 0 Å². The van der Waals surface area contributed by atoms with E-state index in [1.165, 1.54) is 5.01 Å². The van der Waals surface area contributed by atoms with Crippen molar-refractivity contribution in [2.75, 3.05) is 14.1 Å². The molecule has 0 spiro atoms. The molecule has 0 atom stereocenters. The van der Waals surface area contributed by atoms with Crippen LogP contribution in [0.2, 0.25) is 0 Å². The van der Waals surface area contributed by atoms with E-state index in [0.29, 0.717) is 0 Å². The summed E-state index contributed by atoms with van der Waals surface area (Å²) in [6.45, 7) is 0. The zero-order valence-corrected chi connectivity index (χ0v) is 8.21. The summed E-state index contributed by atoms with van der Waals surface area (Å²) < 4.78 is 0. The second-order valence-electron chi connectivity index (χ2n) is 3.21. The predicted octanol–water partition coefficient (Wildman–Crippen LogP) is 1.25. The van der Waals surface area contributed by atoms with Crippen molar-refractivity contribution in [3.05, 3.63) is 24.3 Å². The average Bonchev–Trinajstić information content (AvgIpc) is 2.16. The first kappa shape index (κ1) is 10.4. The number of carbonyl (C=O) groups is 1. The van der Waals surface area contributed by atoms with E-state index in [1.807, 2.05) is 0 Å². The van der Waals surface area contributed by atoms with E-state index in [0.717, 1.165) is 6.42 Å². The van der Waals surface area contributed by atoms with Gasteiger partial charge in [-0.05, 0) is 18.6 Å². The first-order valence-electron chi connectivity index (χ1n) is 4.26. The van der Waals surface area contributed by atoms with Gasteiger partial charge in [-0.1, -0.05) is 17.4 Å². The van der Waals surface area contributed by atoms with E-state index in [-0.39, 0.29) is 0 Å². The zero-order valence-electron chi connectivity index (χ0n) is 8.21. The Bertz CT molecular complexity index is 293. The molecule has 76 valence electrons. The number of hydrogen-bond acceptors (Lipinski definition) is 3. The number of carboxylic acids is 1. The fourth-order valence-electron chi connectivity index (χ4n) is 1.05. The van der Waals surface area contributed by atoms with Crippen LogP contribution in [0.3, 0.4) is 0 Å². The molecule has 0 aromatic heterocycles. The zero-order chi connectivity index (χ0) is 10.6. The van der Waals surface area contributed by atoms with Crippen LogP contribution in [-0.4, -0.2) is 35.7 Å². The number of carboxylic acid groups (broad SMARTS) is 1. The molecule has 0 saturated heterocycles. The quantitative estimate of drug-likeness (QED) is 0.419. The number of rotatable bonds is 3. The van der Waals surface area contributed by atoms with Gasteiger partial charge in [-0.2, -0.15) is 0 Å². The smallest absolute Gasteiger partial charge is 0.341 e. The van der Waals surface area contributed by atoms with Crippen LogP contribution >= 0.6 is 0 Å². The van der Waals surface area contributed by atoms with E-state index in [9.17, 15) is 4.79 Å². The minimum Gasteiger partial charge on any atom is -0.479 e. The van der Waals surface area contributed by atoms with Gasteiger partial charge in [0, 0.05) is 14.1 Å². The molecule has 0 aromatic rings. The molecule has 1 rings (SSSR count). The second kappa shape index (κ2) is 4.04. The van der Waals surface area contributed by atoms with Gasteiger partial charge in [-0.15, -0.1) is 5.11 Å². The fraction of sp³-hybridized carbons (Fsp3) is 0.444. The Balaban J connectivity index is 2.93. The Morgan fingerprint density at radius 2 is 2.00 bits per heavy atom. The maximum Gasteiger partial charge on any atom is 0.341 e. The lowest BCUT2D eigenvalue weighted by Gasteiger charge is -2.18. The molecule has 0 bridgehead atoms. The van der Waals surface area contributed by atoms with Crippen LogP contribution in [0.25, 0.3) is 0 Å². The molecule has 0 heterocycles. The van der Waals surface area contributed by atoms with Crippen LogP contribution in [0.4, 0.5) is 0 Å². The predicted molar refractivity (Wildman–Crippen MR) is 51.8 cm³/mol. The first-order chi connectivity index (χ1) is 6.57. The largest absolute Gasteiger partial charge is 0.479 e. The van der Waals surface area contributed by atoms with Crippen LogP contribution in [0.15, 0.2) is 34.6 Å². The highest BCUT2D eigenvalue weighted by Gasteiger charge is 2.34. The third-order valence-electron chi connectivity index (χ3n) is 1.75. The lowest BCUT2D eigenvalue weighted by atomic mass is 9.95. The van der Waals surface area contributed by atoms with E-state index < -0.39 is 11.5 Å². The number of aliphatic carboxylic acids is 1. The summed E-state index contributed by atoms with van der Waals surface area (Å²) in [7, 11) is 3.38. The van der Waals surface area contributed by atoms with Crippen LogP contribution in [-0.2, 0) is 4.79 Å². The normalized spacial score (nSPS) is 18.7. The lowest BCUT2D eigenvalue weighted by Crippen LogP contribution is -2.33. The average molecular weight is 195 g/mol. The summed E-state index contributed by atoms with van der Waals surface area (Å²) in [5, 5.41) is 18.0. The Morgan fingerprint density at radius 1 is 1.43 bits per heavy atom. The van der Waals surface area contributed by atoms with Gasteiger partial charge in [0.15, 0.2) is 0 Å². The molecule has 1 aliphatic rings. The Morgan fingerprint density at radius 3 is 2.43 bits per heavy atom. The van der Waals surface area contributed by atoms with Crippen molar-refractivity contribution in [3.8, 4) is 0 Å². The maximum atomic E-state index is 11.0. The highest BCUT2D eigenvalue weighted by molar-refractivity contribution is 5.84. The summed E-state index contributed by atoms with van der Waals surface area (Å²) in [6, 6.07) is 0. The number of allylic oxidation sites excluding steroid dienone is 2. The van der Waals surface area contributed by atoms with Crippen LogP contribution in [0, 0.1) is 0 Å². The standard InChI is InChI=1S/C9H13N3O2/c1-12(2)11-10-9(8(13)14)6-4-3-5-7-9/h4-7H,3H2,1-2H3,(H,13,14)/b11-10+. The van der Waals surface area contributed by atoms with Crippen molar-refractivity contribution >= 4 is 5.97 Å². The molecule has 0 saturated carbocycles. The molecule has 0 aliphatic heterocycles. The maximum absolute atomic E-state index is 11.0. The number of hydrogen-bond donors (Lipinski definition) is 1. The van der Waals surface area contributed by atoms with Gasteiger partial charge in [-0.3, -0.25) is 5.01 Å². The highest BCUT2D eigenvalue weighted by atomic mass is 16.4. The fourth-order valence-corrected chi connectivity index (χ4v) is 1.05. The molecule has 1 aliphatic carbocycles. The molecule has 0 radical (unpaired) electrons. The van der Waals surface area contributed by atoms with E-state index >= 15 is 0 Å². The molecular weight excluding hydrogens is 182 g/mol. The SMILES string of the molecule is CN(C)/N=N/C1(C(=O)O)C=CCC=C1. The van der Waals surface area contributed by atoms with Crippen molar-refractivity contribution in [3.63, 3.8) is 0 Å². The summed E-state index contributed by atoms with van der Waals surface area (Å²) >= 11 is 0. The lowest BCUT2D eigenvalue weighted by molar-refractivity contribution is -0.140. The molecule has 0 aromatic carbocycles. The topological polar surface area (TPSA) is 65.3 Å². The molecular formula is C9H13N3O2. The summed E-state index contributed by atoms with van der Waals surface area (Å²) in [4.78, 5) is 11.0. The van der Waals surface area contributed by atoms with Gasteiger partial charge in [0.2, 0.25) is 5.54 Å². The van der Waals surface area contributed by atoms with Crippen molar-refractivity contribution in [2.24, 2.45) is 10.3 Å². The molecule has 1 N–H and O–H groups in total. The molecule has 0 amide bonds. The van der Waals surface area contributed by atoms with Crippen LogP contribution < -0.4 is 0 Å². The Hall–Kier alpha value is -1.65. The minimum atomic E-state index is -1.32. The third-order valence-corrected chi connectivity index (χ3v) is 1.75. The van der Waals surface area contributed by atoms with E-state index in [4.69, 9.17) is 5.11 Å². The van der Waals surface area contributed by atoms with Gasteiger partial charge in [0.05, 0.1) is 0 Å². The Labute approximate surface area is 82.4 Å². The first-order valence-corrected chi connectivity index (χ1v) is 4.26. The monoisotopic (exact) mass is 195 g/mol. The summed E-state index contributed by atoms with van der Waals surface area (Å²) in [5.74, 6) is -1.02. The van der Waals surface area contributed by atoms with Gasteiger partial charge < -0.3 is 5.11 Å². The third kappa shape index (κ3) is 2.18. The highest BCUT2D eigenvalue weighted by Crippen LogP contribution is 2.21. The van der Waals surface area contributed by atoms with Crippen molar-refractivity contribution in [1.82, 2.24) is 5.01 Å². The summed E-state index contributed by atoms with van der Waals surface area (Å²) in [6.07, 6.45) is 7.36. The molecule has 5 heteroatoms.